The first-order valence-corrected chi connectivity index (χ1v) is 7.87. The van der Waals surface area contributed by atoms with Gasteiger partial charge in [-0.15, -0.1) is 11.8 Å². The first kappa shape index (κ1) is 15.6. The van der Waals surface area contributed by atoms with Gasteiger partial charge in [-0.2, -0.15) is 0 Å². The van der Waals surface area contributed by atoms with E-state index in [9.17, 15) is 9.18 Å². The molecule has 0 atom stereocenters. The van der Waals surface area contributed by atoms with Crippen molar-refractivity contribution in [2.24, 2.45) is 0 Å². The fourth-order valence-electron chi connectivity index (χ4n) is 2.29. The van der Waals surface area contributed by atoms with Crippen molar-refractivity contribution in [3.05, 3.63) is 58.9 Å². The smallest absolute Gasteiger partial charge is 0.213 e. The predicted molar refractivity (Wildman–Crippen MR) is 86.6 cm³/mol. The summed E-state index contributed by atoms with van der Waals surface area (Å²) in [4.78, 5) is 13.5. The Kier molecular flexibility index (Phi) is 5.02. The zero-order valence-corrected chi connectivity index (χ0v) is 13.2. The van der Waals surface area contributed by atoms with Gasteiger partial charge in [0.15, 0.2) is 0 Å². The third-order valence-corrected chi connectivity index (χ3v) is 4.29. The molecule has 2 aromatic rings. The number of nitrogens with zero attached hydrogens (tertiary/aromatic N) is 1. The molecule has 2 nitrogen and oxygen atoms in total. The molecule has 0 aliphatic rings. The van der Waals surface area contributed by atoms with Gasteiger partial charge in [-0.05, 0) is 60.6 Å². The van der Waals surface area contributed by atoms with E-state index in [1.54, 1.807) is 24.9 Å². The molecule has 21 heavy (non-hydrogen) atoms. The number of hydrogen-bond donors (Lipinski definition) is 0. The summed E-state index contributed by atoms with van der Waals surface area (Å²) in [6.45, 7) is 1.92. The van der Waals surface area contributed by atoms with Crippen LogP contribution in [0.4, 0.5) is 10.1 Å². The van der Waals surface area contributed by atoms with Crippen LogP contribution in [-0.4, -0.2) is 19.7 Å². The van der Waals surface area contributed by atoms with E-state index in [1.807, 2.05) is 13.2 Å². The monoisotopic (exact) mass is 303 g/mol. The van der Waals surface area contributed by atoms with Gasteiger partial charge in [-0.25, -0.2) is 4.39 Å². The minimum absolute atomic E-state index is 0.319. The molecule has 0 heterocycles. The average molecular weight is 303 g/mol. The molecule has 0 aliphatic heterocycles. The quantitative estimate of drug-likeness (QED) is 0.614. The summed E-state index contributed by atoms with van der Waals surface area (Å²) >= 11 is 1.69. The number of amides is 1. The molecule has 2 rings (SSSR count). The number of anilines is 1. The van der Waals surface area contributed by atoms with Crippen LogP contribution in [0.1, 0.15) is 16.7 Å². The van der Waals surface area contributed by atoms with Gasteiger partial charge in [0, 0.05) is 17.6 Å². The van der Waals surface area contributed by atoms with Crippen LogP contribution in [0.25, 0.3) is 0 Å². The first-order valence-electron chi connectivity index (χ1n) is 6.65. The zero-order valence-electron chi connectivity index (χ0n) is 12.4. The SMILES string of the molecule is CSc1ccc(Cc2cc(F)cc(N(C)C=O)c2C)cc1. The van der Waals surface area contributed by atoms with E-state index >= 15 is 0 Å². The second-order valence-electron chi connectivity index (χ2n) is 4.95. The summed E-state index contributed by atoms with van der Waals surface area (Å²) in [5, 5.41) is 0. The van der Waals surface area contributed by atoms with Gasteiger partial charge >= 0.3 is 0 Å². The Morgan fingerprint density at radius 2 is 1.90 bits per heavy atom. The molecule has 0 radical (unpaired) electrons. The number of thioether (sulfide) groups is 1. The van der Waals surface area contributed by atoms with Gasteiger partial charge in [0.05, 0.1) is 0 Å². The number of carbonyl (C=O) groups is 1. The Bertz CT molecular complexity index is 640. The summed E-state index contributed by atoms with van der Waals surface area (Å²) in [6, 6.07) is 11.2. The van der Waals surface area contributed by atoms with Crippen LogP contribution in [0.5, 0.6) is 0 Å². The highest BCUT2D eigenvalue weighted by molar-refractivity contribution is 7.98. The summed E-state index contributed by atoms with van der Waals surface area (Å²) < 4.78 is 13.8. The Morgan fingerprint density at radius 3 is 2.48 bits per heavy atom. The number of rotatable bonds is 5. The molecule has 2 aromatic carbocycles. The van der Waals surface area contributed by atoms with Crippen LogP contribution < -0.4 is 4.90 Å². The Morgan fingerprint density at radius 1 is 1.24 bits per heavy atom. The van der Waals surface area contributed by atoms with Crippen LogP contribution in [0.3, 0.4) is 0 Å². The second-order valence-corrected chi connectivity index (χ2v) is 5.83. The Labute approximate surface area is 129 Å². The molecule has 4 heteroatoms. The van der Waals surface area contributed by atoms with Crippen LogP contribution in [-0.2, 0) is 11.2 Å². The van der Waals surface area contributed by atoms with Crippen LogP contribution in [0.2, 0.25) is 0 Å². The van der Waals surface area contributed by atoms with Crippen molar-refractivity contribution in [1.82, 2.24) is 0 Å². The maximum Gasteiger partial charge on any atom is 0.213 e. The Balaban J connectivity index is 2.34. The van der Waals surface area contributed by atoms with Gasteiger partial charge in [0.1, 0.15) is 5.82 Å². The third kappa shape index (κ3) is 3.64. The van der Waals surface area contributed by atoms with Crippen LogP contribution >= 0.6 is 11.8 Å². The minimum atomic E-state index is -0.319. The first-order chi connectivity index (χ1) is 10.0. The van der Waals surface area contributed by atoms with Gasteiger partial charge in [0.25, 0.3) is 0 Å². The molecule has 0 saturated heterocycles. The molecule has 0 fully saturated rings. The lowest BCUT2D eigenvalue weighted by atomic mass is 9.98. The molecule has 0 spiro atoms. The molecular weight excluding hydrogens is 285 g/mol. The predicted octanol–water partition coefficient (Wildman–Crippen LogP) is 4.04. The summed E-state index contributed by atoms with van der Waals surface area (Å²) in [6.07, 6.45) is 3.38. The summed E-state index contributed by atoms with van der Waals surface area (Å²) in [5.41, 5.74) is 3.57. The van der Waals surface area contributed by atoms with Gasteiger partial charge in [0.2, 0.25) is 6.41 Å². The van der Waals surface area contributed by atoms with Crippen LogP contribution in [0, 0.1) is 12.7 Å². The van der Waals surface area contributed by atoms with Crippen molar-refractivity contribution in [3.63, 3.8) is 0 Å². The molecular formula is C17H18FNOS. The van der Waals surface area contributed by atoms with Crippen molar-refractivity contribution in [1.29, 1.82) is 0 Å². The average Bonchev–Trinajstić information content (AvgIpc) is 2.50. The van der Waals surface area contributed by atoms with E-state index in [0.717, 1.165) is 16.7 Å². The molecule has 0 unspecified atom stereocenters. The molecule has 0 aliphatic carbocycles. The molecule has 1 amide bonds. The molecule has 0 aromatic heterocycles. The lowest BCUT2D eigenvalue weighted by molar-refractivity contribution is -0.107. The van der Waals surface area contributed by atoms with Gasteiger partial charge in [-0.3, -0.25) is 4.79 Å². The lowest BCUT2D eigenvalue weighted by Gasteiger charge is -2.17. The number of benzene rings is 2. The van der Waals surface area contributed by atoms with E-state index in [-0.39, 0.29) is 5.82 Å². The van der Waals surface area contributed by atoms with Gasteiger partial charge < -0.3 is 4.90 Å². The minimum Gasteiger partial charge on any atom is -0.318 e. The maximum absolute atomic E-state index is 13.8. The fourth-order valence-corrected chi connectivity index (χ4v) is 2.70. The van der Waals surface area contributed by atoms with E-state index in [2.05, 4.69) is 24.3 Å². The highest BCUT2D eigenvalue weighted by atomic mass is 32.2. The number of halogens is 1. The van der Waals surface area contributed by atoms with Crippen molar-refractivity contribution in [3.8, 4) is 0 Å². The third-order valence-electron chi connectivity index (χ3n) is 3.54. The largest absolute Gasteiger partial charge is 0.318 e. The van der Waals surface area contributed by atoms with Gasteiger partial charge in [-0.1, -0.05) is 12.1 Å². The standard InChI is InChI=1S/C17H18FNOS/c1-12-14(8-13-4-6-16(21-3)7-5-13)9-15(18)10-17(12)19(2)11-20/h4-7,9-11H,8H2,1-3H3. The molecule has 0 N–H and O–H groups in total. The second kappa shape index (κ2) is 6.76. The van der Waals surface area contributed by atoms with E-state index in [1.165, 1.54) is 15.9 Å². The fraction of sp³-hybridized carbons (Fsp3) is 0.235. The summed E-state index contributed by atoms with van der Waals surface area (Å²) in [7, 11) is 1.63. The van der Waals surface area contributed by atoms with Crippen molar-refractivity contribution in [2.45, 2.75) is 18.2 Å². The van der Waals surface area contributed by atoms with E-state index in [4.69, 9.17) is 0 Å². The van der Waals surface area contributed by atoms with E-state index < -0.39 is 0 Å². The van der Waals surface area contributed by atoms with Crippen LogP contribution in [0.15, 0.2) is 41.3 Å². The van der Waals surface area contributed by atoms with Crippen molar-refractivity contribution < 1.29 is 9.18 Å². The lowest BCUT2D eigenvalue weighted by Crippen LogP contribution is -2.16. The normalized spacial score (nSPS) is 10.5. The van der Waals surface area contributed by atoms with E-state index in [0.29, 0.717) is 18.5 Å². The van der Waals surface area contributed by atoms with Crippen molar-refractivity contribution >= 4 is 23.9 Å². The highest BCUT2D eigenvalue weighted by Crippen LogP contribution is 2.26. The zero-order chi connectivity index (χ0) is 15.4. The maximum atomic E-state index is 13.8. The molecule has 0 bridgehead atoms. The number of carbonyl (C=O) groups excluding carboxylic acids is 1. The summed E-state index contributed by atoms with van der Waals surface area (Å²) in [5.74, 6) is -0.319. The molecule has 0 saturated carbocycles. The Hall–Kier alpha value is -1.81. The van der Waals surface area contributed by atoms with Crippen molar-refractivity contribution in [2.75, 3.05) is 18.2 Å². The topological polar surface area (TPSA) is 20.3 Å². The molecule has 110 valence electrons. The number of hydrogen-bond acceptors (Lipinski definition) is 2. The highest BCUT2D eigenvalue weighted by Gasteiger charge is 2.11.